The molecule has 2 amide bonds. The number of urea groups is 1. The lowest BCUT2D eigenvalue weighted by Gasteiger charge is -2.32. The molecule has 0 radical (unpaired) electrons. The molecule has 1 aliphatic rings. The van der Waals surface area contributed by atoms with Gasteiger partial charge in [0.15, 0.2) is 5.75 Å². The molecule has 0 saturated heterocycles. The summed E-state index contributed by atoms with van der Waals surface area (Å²) in [7, 11) is 4.34. The normalized spacial score (nSPS) is 16.9. The van der Waals surface area contributed by atoms with Crippen molar-refractivity contribution in [3.8, 4) is 11.5 Å². The molecule has 142 valence electrons. The van der Waals surface area contributed by atoms with Crippen LogP contribution in [0.15, 0.2) is 26.3 Å². The first kappa shape index (κ1) is 20.6. The predicted molar refractivity (Wildman–Crippen MR) is 103 cm³/mol. The number of hydrogen-bond acceptors (Lipinski definition) is 5. The highest BCUT2D eigenvalue weighted by Crippen LogP contribution is 2.46. The van der Waals surface area contributed by atoms with E-state index < -0.39 is 18.0 Å². The molecule has 9 heteroatoms. The maximum Gasteiger partial charge on any atom is 0.337 e. The van der Waals surface area contributed by atoms with Gasteiger partial charge in [-0.1, -0.05) is 13.8 Å². The van der Waals surface area contributed by atoms with E-state index in [1.54, 1.807) is 6.07 Å². The highest BCUT2D eigenvalue weighted by molar-refractivity contribution is 9.11. The number of carbonyl (C=O) groups excluding carboxylic acids is 2. The molecule has 7 nitrogen and oxygen atoms in total. The number of rotatable bonds is 5. The summed E-state index contributed by atoms with van der Waals surface area (Å²) in [5.41, 5.74) is 1.42. The molecule has 0 aromatic heterocycles. The zero-order valence-corrected chi connectivity index (χ0v) is 18.2. The van der Waals surface area contributed by atoms with Crippen molar-refractivity contribution in [3.05, 3.63) is 31.8 Å². The Labute approximate surface area is 168 Å². The number of amides is 2. The van der Waals surface area contributed by atoms with Crippen molar-refractivity contribution in [2.45, 2.75) is 19.9 Å². The van der Waals surface area contributed by atoms with Crippen molar-refractivity contribution in [1.82, 2.24) is 10.6 Å². The number of esters is 1. The van der Waals surface area contributed by atoms with Gasteiger partial charge in [0.1, 0.15) is 10.2 Å². The van der Waals surface area contributed by atoms with Gasteiger partial charge in [-0.05, 0) is 43.8 Å². The molecule has 0 bridgehead atoms. The lowest BCUT2D eigenvalue weighted by Crippen LogP contribution is -2.47. The fourth-order valence-corrected chi connectivity index (χ4v) is 4.46. The van der Waals surface area contributed by atoms with Gasteiger partial charge in [0.05, 0.1) is 37.4 Å². The number of benzene rings is 1. The largest absolute Gasteiger partial charge is 0.495 e. The van der Waals surface area contributed by atoms with E-state index >= 15 is 0 Å². The third-order valence-corrected chi connectivity index (χ3v) is 5.27. The van der Waals surface area contributed by atoms with Gasteiger partial charge in [0.2, 0.25) is 0 Å². The molecular weight excluding hydrogens is 472 g/mol. The summed E-state index contributed by atoms with van der Waals surface area (Å²) in [6.45, 7) is 3.77. The number of nitrogens with one attached hydrogen (secondary N) is 2. The molecule has 1 unspecified atom stereocenters. The van der Waals surface area contributed by atoms with Gasteiger partial charge in [-0.15, -0.1) is 0 Å². The first-order valence-electron chi connectivity index (χ1n) is 7.76. The summed E-state index contributed by atoms with van der Waals surface area (Å²) < 4.78 is 17.1. The zero-order valence-electron chi connectivity index (χ0n) is 15.0. The average Bonchev–Trinajstić information content (AvgIpc) is 2.60. The van der Waals surface area contributed by atoms with E-state index in [0.29, 0.717) is 37.3 Å². The zero-order chi connectivity index (χ0) is 19.6. The minimum Gasteiger partial charge on any atom is -0.495 e. The minimum atomic E-state index is -0.748. The monoisotopic (exact) mass is 490 g/mol. The summed E-state index contributed by atoms with van der Waals surface area (Å²) in [4.78, 5) is 24.7. The number of methoxy groups -OCH3 is 3. The molecular formula is C17H20Br2N2O5. The van der Waals surface area contributed by atoms with Gasteiger partial charge in [0.25, 0.3) is 0 Å². The van der Waals surface area contributed by atoms with E-state index in [1.807, 2.05) is 13.8 Å². The highest BCUT2D eigenvalue weighted by Gasteiger charge is 2.37. The number of allylic oxidation sites excluding steroid dienone is 1. The van der Waals surface area contributed by atoms with Crippen molar-refractivity contribution in [1.29, 1.82) is 0 Å². The summed E-state index contributed by atoms with van der Waals surface area (Å²) in [6.07, 6.45) is 0. The van der Waals surface area contributed by atoms with Crippen LogP contribution in [0.25, 0.3) is 0 Å². The van der Waals surface area contributed by atoms with E-state index in [4.69, 9.17) is 14.2 Å². The fraction of sp³-hybridized carbons (Fsp3) is 0.412. The molecule has 2 rings (SSSR count). The predicted octanol–water partition coefficient (Wildman–Crippen LogP) is 3.67. The molecule has 0 aliphatic carbocycles. The quantitative estimate of drug-likeness (QED) is 0.614. The van der Waals surface area contributed by atoms with Crippen LogP contribution >= 0.6 is 31.9 Å². The van der Waals surface area contributed by atoms with Crippen molar-refractivity contribution in [2.75, 3.05) is 21.3 Å². The first-order valence-corrected chi connectivity index (χ1v) is 9.35. The van der Waals surface area contributed by atoms with E-state index in [0.717, 1.165) is 0 Å². The third kappa shape index (κ3) is 3.68. The lowest BCUT2D eigenvalue weighted by atomic mass is 9.91. The molecule has 26 heavy (non-hydrogen) atoms. The van der Waals surface area contributed by atoms with Gasteiger partial charge in [-0.25, -0.2) is 9.59 Å². The second-order valence-electron chi connectivity index (χ2n) is 5.83. The summed E-state index contributed by atoms with van der Waals surface area (Å²) in [5.74, 6) is 0.366. The van der Waals surface area contributed by atoms with Crippen LogP contribution in [0.5, 0.6) is 11.5 Å². The van der Waals surface area contributed by atoms with Gasteiger partial charge >= 0.3 is 12.0 Å². The van der Waals surface area contributed by atoms with E-state index in [2.05, 4.69) is 42.5 Å². The lowest BCUT2D eigenvalue weighted by molar-refractivity contribution is -0.136. The van der Waals surface area contributed by atoms with Crippen LogP contribution in [-0.4, -0.2) is 33.3 Å². The number of hydrogen-bond donors (Lipinski definition) is 2. The van der Waals surface area contributed by atoms with Gasteiger partial charge < -0.3 is 24.8 Å². The molecule has 0 saturated carbocycles. The maximum atomic E-state index is 12.5. The smallest absolute Gasteiger partial charge is 0.337 e. The van der Waals surface area contributed by atoms with Crippen LogP contribution in [0, 0.1) is 5.92 Å². The second kappa shape index (κ2) is 8.30. The van der Waals surface area contributed by atoms with Crippen LogP contribution in [-0.2, 0) is 9.53 Å². The summed E-state index contributed by atoms with van der Waals surface area (Å²) >= 11 is 6.91. The molecule has 1 aromatic rings. The van der Waals surface area contributed by atoms with Crippen molar-refractivity contribution < 1.29 is 23.8 Å². The Balaban J connectivity index is 2.77. The maximum absolute atomic E-state index is 12.5. The molecule has 1 heterocycles. The number of ether oxygens (including phenoxy) is 3. The molecule has 0 fully saturated rings. The Morgan fingerprint density at radius 1 is 1.15 bits per heavy atom. The second-order valence-corrected chi connectivity index (χ2v) is 7.48. The van der Waals surface area contributed by atoms with Crippen molar-refractivity contribution in [2.24, 2.45) is 5.92 Å². The molecule has 2 N–H and O–H groups in total. The molecule has 0 spiro atoms. The highest BCUT2D eigenvalue weighted by atomic mass is 79.9. The van der Waals surface area contributed by atoms with E-state index in [9.17, 15) is 9.59 Å². The fourth-order valence-electron chi connectivity index (χ4n) is 2.82. The first-order chi connectivity index (χ1) is 12.3. The Morgan fingerprint density at radius 2 is 1.77 bits per heavy atom. The van der Waals surface area contributed by atoms with Crippen LogP contribution in [0.1, 0.15) is 25.5 Å². The van der Waals surface area contributed by atoms with Crippen LogP contribution in [0.2, 0.25) is 0 Å². The van der Waals surface area contributed by atoms with E-state index in [-0.39, 0.29) is 5.92 Å². The van der Waals surface area contributed by atoms with Crippen LogP contribution in [0.3, 0.4) is 0 Å². The standard InChI is InChI=1S/C17H20Br2N2O5/c1-7(2)12-10(16(22)26-5)13(21-17(23)20-12)8-6-9(18)15(25-4)11(19)14(8)24-3/h6-7,13H,1-5H3,(H2,20,21,23). The Bertz CT molecular complexity index is 777. The van der Waals surface area contributed by atoms with Crippen molar-refractivity contribution >= 4 is 43.9 Å². The van der Waals surface area contributed by atoms with Gasteiger partial charge in [0, 0.05) is 11.3 Å². The van der Waals surface area contributed by atoms with E-state index in [1.165, 1.54) is 21.3 Å². The topological polar surface area (TPSA) is 85.9 Å². The number of halogens is 2. The summed E-state index contributed by atoms with van der Waals surface area (Å²) in [6, 6.07) is 0.595. The molecule has 1 aromatic carbocycles. The van der Waals surface area contributed by atoms with Crippen LogP contribution < -0.4 is 20.1 Å². The Hall–Kier alpha value is -1.74. The molecule has 1 aliphatic heterocycles. The third-order valence-electron chi connectivity index (χ3n) is 3.96. The average molecular weight is 492 g/mol. The van der Waals surface area contributed by atoms with Gasteiger partial charge in [-0.3, -0.25) is 0 Å². The Morgan fingerprint density at radius 3 is 2.27 bits per heavy atom. The molecule has 1 atom stereocenters. The van der Waals surface area contributed by atoms with Crippen molar-refractivity contribution in [3.63, 3.8) is 0 Å². The van der Waals surface area contributed by atoms with Crippen LogP contribution in [0.4, 0.5) is 4.79 Å². The number of carbonyl (C=O) groups is 2. The Kier molecular flexibility index (Phi) is 6.57. The summed E-state index contributed by atoms with van der Waals surface area (Å²) in [5, 5.41) is 5.49. The minimum absolute atomic E-state index is 0.0891. The SMILES string of the molecule is COC(=O)C1=C(C(C)C)NC(=O)NC1c1cc(Br)c(OC)c(Br)c1OC. The van der Waals surface area contributed by atoms with Gasteiger partial charge in [-0.2, -0.15) is 0 Å².